The van der Waals surface area contributed by atoms with Crippen LogP contribution in [0.3, 0.4) is 0 Å². The van der Waals surface area contributed by atoms with E-state index >= 15 is 0 Å². The van der Waals surface area contributed by atoms with E-state index in [1.807, 2.05) is 19.2 Å². The van der Waals surface area contributed by atoms with Gasteiger partial charge in [-0.15, -0.1) is 0 Å². The lowest BCUT2D eigenvalue weighted by Gasteiger charge is -2.18. The lowest BCUT2D eigenvalue weighted by atomic mass is 9.97. The predicted octanol–water partition coefficient (Wildman–Crippen LogP) is 4.35. The largest absolute Gasteiger partial charge is 0.309 e. The Morgan fingerprint density at radius 3 is 2.42 bits per heavy atom. The summed E-state index contributed by atoms with van der Waals surface area (Å²) in [6, 6.07) is 12.6. The zero-order valence-electron chi connectivity index (χ0n) is 11.1. The van der Waals surface area contributed by atoms with E-state index in [0.717, 1.165) is 12.0 Å². The number of rotatable bonds is 4. The van der Waals surface area contributed by atoms with Gasteiger partial charge in [0.05, 0.1) is 6.04 Å². The van der Waals surface area contributed by atoms with E-state index in [0.29, 0.717) is 10.6 Å². The SMILES string of the molecule is CCc1ccc(C(NC)c2cc(Cl)ccc2F)cc1. The van der Waals surface area contributed by atoms with Gasteiger partial charge in [-0.25, -0.2) is 4.39 Å². The van der Waals surface area contributed by atoms with Crippen LogP contribution in [0.15, 0.2) is 42.5 Å². The molecule has 0 heterocycles. The summed E-state index contributed by atoms with van der Waals surface area (Å²) in [5.74, 6) is -0.247. The van der Waals surface area contributed by atoms with Gasteiger partial charge < -0.3 is 5.32 Å². The summed E-state index contributed by atoms with van der Waals surface area (Å²) in [7, 11) is 1.82. The highest BCUT2D eigenvalue weighted by Crippen LogP contribution is 2.27. The fourth-order valence-corrected chi connectivity index (χ4v) is 2.36. The molecular weight excluding hydrogens is 261 g/mol. The smallest absolute Gasteiger partial charge is 0.128 e. The van der Waals surface area contributed by atoms with E-state index < -0.39 is 0 Å². The monoisotopic (exact) mass is 277 g/mol. The van der Waals surface area contributed by atoms with Gasteiger partial charge in [-0.1, -0.05) is 42.8 Å². The number of halogens is 2. The van der Waals surface area contributed by atoms with E-state index in [1.165, 1.54) is 11.6 Å². The van der Waals surface area contributed by atoms with Crippen LogP contribution in [-0.2, 0) is 6.42 Å². The van der Waals surface area contributed by atoms with Crippen molar-refractivity contribution in [3.63, 3.8) is 0 Å². The van der Waals surface area contributed by atoms with Crippen LogP contribution in [-0.4, -0.2) is 7.05 Å². The summed E-state index contributed by atoms with van der Waals surface area (Å²) in [6.07, 6.45) is 0.996. The standard InChI is InChI=1S/C16H17ClFN/c1-3-11-4-6-12(7-5-11)16(19-2)14-10-13(17)8-9-15(14)18/h4-10,16,19H,3H2,1-2H3. The summed E-state index contributed by atoms with van der Waals surface area (Å²) < 4.78 is 13.9. The Morgan fingerprint density at radius 1 is 1.16 bits per heavy atom. The molecule has 0 aromatic heterocycles. The minimum absolute atomic E-state index is 0.190. The van der Waals surface area contributed by atoms with E-state index in [1.54, 1.807) is 12.1 Å². The first kappa shape index (κ1) is 14.0. The molecule has 100 valence electrons. The van der Waals surface area contributed by atoms with Crippen molar-refractivity contribution in [1.29, 1.82) is 0 Å². The Balaban J connectivity index is 2.40. The van der Waals surface area contributed by atoms with Crippen molar-refractivity contribution in [2.24, 2.45) is 0 Å². The number of nitrogens with one attached hydrogen (secondary N) is 1. The Bertz CT molecular complexity index is 551. The van der Waals surface area contributed by atoms with Gasteiger partial charge in [0.25, 0.3) is 0 Å². The van der Waals surface area contributed by atoms with Crippen LogP contribution in [0.1, 0.15) is 29.7 Å². The van der Waals surface area contributed by atoms with Crippen LogP contribution < -0.4 is 5.32 Å². The molecule has 0 aliphatic heterocycles. The topological polar surface area (TPSA) is 12.0 Å². The lowest BCUT2D eigenvalue weighted by Crippen LogP contribution is -2.19. The quantitative estimate of drug-likeness (QED) is 0.876. The molecule has 19 heavy (non-hydrogen) atoms. The first-order valence-corrected chi connectivity index (χ1v) is 6.74. The van der Waals surface area contributed by atoms with Crippen molar-refractivity contribution in [1.82, 2.24) is 5.32 Å². The molecule has 1 nitrogen and oxygen atoms in total. The van der Waals surface area contributed by atoms with Crippen molar-refractivity contribution in [3.8, 4) is 0 Å². The summed E-state index contributed by atoms with van der Waals surface area (Å²) in [4.78, 5) is 0. The maximum atomic E-state index is 13.9. The van der Waals surface area contributed by atoms with Crippen molar-refractivity contribution in [3.05, 3.63) is 70.0 Å². The summed E-state index contributed by atoms with van der Waals surface area (Å²) in [6.45, 7) is 2.11. The molecule has 0 saturated heterocycles. The third-order valence-electron chi connectivity index (χ3n) is 3.28. The first-order valence-electron chi connectivity index (χ1n) is 6.36. The summed E-state index contributed by atoms with van der Waals surface area (Å²) >= 11 is 5.96. The second-order valence-corrected chi connectivity index (χ2v) is 4.92. The van der Waals surface area contributed by atoms with Crippen LogP contribution in [0, 0.1) is 5.82 Å². The van der Waals surface area contributed by atoms with Crippen LogP contribution in [0.5, 0.6) is 0 Å². The van der Waals surface area contributed by atoms with Crippen LogP contribution in [0.4, 0.5) is 4.39 Å². The Labute approximate surface area is 118 Å². The maximum Gasteiger partial charge on any atom is 0.128 e. The third-order valence-corrected chi connectivity index (χ3v) is 3.51. The summed E-state index contributed by atoms with van der Waals surface area (Å²) in [5.41, 5.74) is 2.87. The van der Waals surface area contributed by atoms with Gasteiger partial charge in [-0.05, 0) is 42.8 Å². The van der Waals surface area contributed by atoms with E-state index in [4.69, 9.17) is 11.6 Å². The van der Waals surface area contributed by atoms with Crippen LogP contribution in [0.2, 0.25) is 5.02 Å². The average Bonchev–Trinajstić information content (AvgIpc) is 2.44. The van der Waals surface area contributed by atoms with Gasteiger partial charge in [0.1, 0.15) is 5.82 Å². The second-order valence-electron chi connectivity index (χ2n) is 4.48. The van der Waals surface area contributed by atoms with Gasteiger partial charge in [0.15, 0.2) is 0 Å². The molecule has 3 heteroatoms. The molecule has 0 aliphatic carbocycles. The van der Waals surface area contributed by atoms with Crippen molar-refractivity contribution in [2.45, 2.75) is 19.4 Å². The predicted molar refractivity (Wildman–Crippen MR) is 78.1 cm³/mol. The molecule has 0 radical (unpaired) electrons. The normalized spacial score (nSPS) is 12.4. The molecule has 0 amide bonds. The highest BCUT2D eigenvalue weighted by molar-refractivity contribution is 6.30. The van der Waals surface area contributed by atoms with Gasteiger partial charge in [0.2, 0.25) is 0 Å². The average molecular weight is 278 g/mol. The van der Waals surface area contributed by atoms with Gasteiger partial charge >= 0.3 is 0 Å². The maximum absolute atomic E-state index is 13.9. The van der Waals surface area contributed by atoms with E-state index in [2.05, 4.69) is 24.4 Å². The van der Waals surface area contributed by atoms with Crippen molar-refractivity contribution in [2.75, 3.05) is 7.05 Å². The fraction of sp³-hybridized carbons (Fsp3) is 0.250. The first-order chi connectivity index (χ1) is 9.15. The molecule has 0 saturated carbocycles. The molecular formula is C16H17ClFN. The second kappa shape index (κ2) is 6.18. The highest BCUT2D eigenvalue weighted by Gasteiger charge is 2.16. The van der Waals surface area contributed by atoms with Crippen LogP contribution in [0.25, 0.3) is 0 Å². The Hall–Kier alpha value is -1.38. The Morgan fingerprint density at radius 2 is 1.84 bits per heavy atom. The van der Waals surface area contributed by atoms with Crippen molar-refractivity contribution >= 4 is 11.6 Å². The molecule has 1 unspecified atom stereocenters. The molecule has 2 aromatic carbocycles. The molecule has 0 aliphatic rings. The Kier molecular flexibility index (Phi) is 4.56. The highest BCUT2D eigenvalue weighted by atomic mass is 35.5. The van der Waals surface area contributed by atoms with Gasteiger partial charge in [-0.2, -0.15) is 0 Å². The molecule has 0 fully saturated rings. The van der Waals surface area contributed by atoms with Gasteiger partial charge in [0, 0.05) is 10.6 Å². The fourth-order valence-electron chi connectivity index (χ4n) is 2.18. The molecule has 0 spiro atoms. The van der Waals surface area contributed by atoms with Crippen LogP contribution >= 0.6 is 11.6 Å². The number of hydrogen-bond donors (Lipinski definition) is 1. The zero-order valence-corrected chi connectivity index (χ0v) is 11.8. The van der Waals surface area contributed by atoms with Gasteiger partial charge in [-0.3, -0.25) is 0 Å². The number of hydrogen-bond acceptors (Lipinski definition) is 1. The molecule has 1 N–H and O–H groups in total. The number of benzene rings is 2. The molecule has 1 atom stereocenters. The minimum atomic E-state index is -0.247. The van der Waals surface area contributed by atoms with E-state index in [9.17, 15) is 4.39 Å². The van der Waals surface area contributed by atoms with E-state index in [-0.39, 0.29) is 11.9 Å². The third kappa shape index (κ3) is 3.14. The molecule has 0 bridgehead atoms. The molecule has 2 rings (SSSR count). The lowest BCUT2D eigenvalue weighted by molar-refractivity contribution is 0.576. The molecule has 2 aromatic rings. The van der Waals surface area contributed by atoms with Crippen molar-refractivity contribution < 1.29 is 4.39 Å². The summed E-state index contributed by atoms with van der Waals surface area (Å²) in [5, 5.41) is 3.68. The minimum Gasteiger partial charge on any atom is -0.309 e. The number of aryl methyl sites for hydroxylation is 1. The zero-order chi connectivity index (χ0) is 13.8.